The summed E-state index contributed by atoms with van der Waals surface area (Å²) in [5.41, 5.74) is 3.86. The van der Waals surface area contributed by atoms with E-state index in [0.29, 0.717) is 12.1 Å². The van der Waals surface area contributed by atoms with Gasteiger partial charge in [0.2, 0.25) is 0 Å². The lowest BCUT2D eigenvalue weighted by atomic mass is 10.1. The summed E-state index contributed by atoms with van der Waals surface area (Å²) in [5.74, 6) is 0. The molecule has 3 heteroatoms. The van der Waals surface area contributed by atoms with Gasteiger partial charge in [-0.2, -0.15) is 5.26 Å². The molecule has 1 unspecified atom stereocenters. The van der Waals surface area contributed by atoms with Crippen molar-refractivity contribution in [3.8, 4) is 6.07 Å². The molecular formula is C17H18N2O. The van der Waals surface area contributed by atoms with Gasteiger partial charge >= 0.3 is 0 Å². The van der Waals surface area contributed by atoms with Crippen LogP contribution in [0.3, 0.4) is 0 Å². The number of aliphatic hydroxyl groups excluding tert-OH is 1. The van der Waals surface area contributed by atoms with Crippen LogP contribution in [0.1, 0.15) is 28.4 Å². The molecule has 2 aromatic carbocycles. The highest BCUT2D eigenvalue weighted by Crippen LogP contribution is 2.13. The Morgan fingerprint density at radius 1 is 1.10 bits per heavy atom. The fourth-order valence-electron chi connectivity index (χ4n) is 1.96. The SMILES string of the molecule is Cc1ccc(CNCC(O)c2ccc(C#N)cc2)cc1. The summed E-state index contributed by atoms with van der Waals surface area (Å²) >= 11 is 0. The zero-order chi connectivity index (χ0) is 14.4. The quantitative estimate of drug-likeness (QED) is 0.874. The number of rotatable bonds is 5. The molecule has 0 saturated carbocycles. The second kappa shape index (κ2) is 6.85. The van der Waals surface area contributed by atoms with Gasteiger partial charge in [-0.3, -0.25) is 0 Å². The molecule has 0 spiro atoms. The fraction of sp³-hybridized carbons (Fsp3) is 0.235. The maximum absolute atomic E-state index is 10.1. The summed E-state index contributed by atoms with van der Waals surface area (Å²) in [6, 6.07) is 17.4. The van der Waals surface area contributed by atoms with Crippen molar-refractivity contribution in [1.82, 2.24) is 5.32 Å². The molecule has 0 amide bonds. The molecule has 102 valence electrons. The fourth-order valence-corrected chi connectivity index (χ4v) is 1.96. The van der Waals surface area contributed by atoms with Crippen LogP contribution >= 0.6 is 0 Å². The molecule has 0 fully saturated rings. The van der Waals surface area contributed by atoms with Crippen molar-refractivity contribution in [2.24, 2.45) is 0 Å². The summed E-state index contributed by atoms with van der Waals surface area (Å²) in [4.78, 5) is 0. The third-order valence-corrected chi connectivity index (χ3v) is 3.21. The Labute approximate surface area is 119 Å². The molecule has 0 aliphatic carbocycles. The van der Waals surface area contributed by atoms with E-state index in [1.807, 2.05) is 0 Å². The second-order valence-electron chi connectivity index (χ2n) is 4.87. The van der Waals surface area contributed by atoms with Crippen LogP contribution in [-0.2, 0) is 6.54 Å². The van der Waals surface area contributed by atoms with Crippen molar-refractivity contribution >= 4 is 0 Å². The minimum atomic E-state index is -0.562. The number of hydrogen-bond donors (Lipinski definition) is 2. The Morgan fingerprint density at radius 3 is 2.35 bits per heavy atom. The smallest absolute Gasteiger partial charge is 0.0991 e. The van der Waals surface area contributed by atoms with Crippen LogP contribution in [0.5, 0.6) is 0 Å². The highest BCUT2D eigenvalue weighted by Gasteiger charge is 2.06. The first-order valence-electron chi connectivity index (χ1n) is 6.63. The van der Waals surface area contributed by atoms with Gasteiger partial charge in [-0.25, -0.2) is 0 Å². The van der Waals surface area contributed by atoms with Crippen molar-refractivity contribution in [3.63, 3.8) is 0 Å². The third kappa shape index (κ3) is 3.92. The van der Waals surface area contributed by atoms with Gasteiger partial charge in [0.15, 0.2) is 0 Å². The van der Waals surface area contributed by atoms with E-state index < -0.39 is 6.10 Å². The van der Waals surface area contributed by atoms with Crippen LogP contribution in [0.2, 0.25) is 0 Å². The first kappa shape index (κ1) is 14.3. The average molecular weight is 266 g/mol. The molecule has 0 saturated heterocycles. The Morgan fingerprint density at radius 2 is 1.75 bits per heavy atom. The summed E-state index contributed by atoms with van der Waals surface area (Å²) < 4.78 is 0. The predicted molar refractivity (Wildman–Crippen MR) is 79.0 cm³/mol. The number of nitrogens with one attached hydrogen (secondary N) is 1. The maximum atomic E-state index is 10.1. The normalized spacial score (nSPS) is 11.8. The Balaban J connectivity index is 1.84. The Bertz CT molecular complexity index is 582. The molecule has 2 aromatic rings. The number of nitriles is 1. The molecule has 0 aromatic heterocycles. The van der Waals surface area contributed by atoms with E-state index in [0.717, 1.165) is 12.1 Å². The number of nitrogens with zero attached hydrogens (tertiary/aromatic N) is 1. The van der Waals surface area contributed by atoms with Crippen molar-refractivity contribution in [3.05, 3.63) is 70.8 Å². The van der Waals surface area contributed by atoms with Gasteiger partial charge in [0, 0.05) is 13.1 Å². The summed E-state index contributed by atoms with van der Waals surface area (Å²) in [5, 5.41) is 22.0. The first-order valence-corrected chi connectivity index (χ1v) is 6.63. The van der Waals surface area contributed by atoms with Gasteiger partial charge in [0.05, 0.1) is 17.7 Å². The predicted octanol–water partition coefficient (Wildman–Crippen LogP) is 2.69. The van der Waals surface area contributed by atoms with E-state index in [9.17, 15) is 5.11 Å². The maximum Gasteiger partial charge on any atom is 0.0991 e. The topological polar surface area (TPSA) is 56.0 Å². The Hall–Kier alpha value is -2.15. The lowest BCUT2D eigenvalue weighted by Crippen LogP contribution is -2.21. The van der Waals surface area contributed by atoms with Crippen LogP contribution < -0.4 is 5.32 Å². The average Bonchev–Trinajstić information content (AvgIpc) is 2.49. The number of benzene rings is 2. The molecule has 3 nitrogen and oxygen atoms in total. The van der Waals surface area contributed by atoms with Crippen LogP contribution in [0.4, 0.5) is 0 Å². The van der Waals surface area contributed by atoms with E-state index in [1.165, 1.54) is 11.1 Å². The standard InChI is InChI=1S/C17H18N2O/c1-13-2-4-15(5-3-13)11-19-12-17(20)16-8-6-14(10-18)7-9-16/h2-9,17,19-20H,11-12H2,1H3. The van der Waals surface area contributed by atoms with Crippen molar-refractivity contribution in [1.29, 1.82) is 5.26 Å². The second-order valence-corrected chi connectivity index (χ2v) is 4.87. The van der Waals surface area contributed by atoms with Crippen molar-refractivity contribution in [2.75, 3.05) is 6.54 Å². The minimum absolute atomic E-state index is 0.486. The molecule has 1 atom stereocenters. The lowest BCUT2D eigenvalue weighted by molar-refractivity contribution is 0.174. The van der Waals surface area contributed by atoms with Crippen LogP contribution in [0.25, 0.3) is 0 Å². The van der Waals surface area contributed by atoms with E-state index in [4.69, 9.17) is 5.26 Å². The monoisotopic (exact) mass is 266 g/mol. The van der Waals surface area contributed by atoms with Gasteiger partial charge in [0.1, 0.15) is 0 Å². The highest BCUT2D eigenvalue weighted by molar-refractivity contribution is 5.32. The first-order chi connectivity index (χ1) is 9.69. The summed E-state index contributed by atoms with van der Waals surface area (Å²) in [6.45, 7) is 3.28. The molecule has 0 radical (unpaired) electrons. The van der Waals surface area contributed by atoms with E-state index >= 15 is 0 Å². The summed E-state index contributed by atoms with van der Waals surface area (Å²) in [7, 11) is 0. The number of aryl methyl sites for hydroxylation is 1. The van der Waals surface area contributed by atoms with Crippen molar-refractivity contribution in [2.45, 2.75) is 19.6 Å². The van der Waals surface area contributed by atoms with Crippen LogP contribution in [0, 0.1) is 18.3 Å². The molecule has 0 aliphatic rings. The molecule has 20 heavy (non-hydrogen) atoms. The van der Waals surface area contributed by atoms with E-state index in [1.54, 1.807) is 24.3 Å². The van der Waals surface area contributed by atoms with Gasteiger partial charge in [-0.15, -0.1) is 0 Å². The largest absolute Gasteiger partial charge is 0.387 e. The zero-order valence-electron chi connectivity index (χ0n) is 11.5. The lowest BCUT2D eigenvalue weighted by Gasteiger charge is -2.12. The van der Waals surface area contributed by atoms with Crippen LogP contribution in [0.15, 0.2) is 48.5 Å². The molecule has 0 bridgehead atoms. The van der Waals surface area contributed by atoms with E-state index in [2.05, 4.69) is 42.6 Å². The van der Waals surface area contributed by atoms with Gasteiger partial charge in [-0.1, -0.05) is 42.0 Å². The minimum Gasteiger partial charge on any atom is -0.387 e. The molecule has 2 rings (SSSR count). The molecule has 0 aliphatic heterocycles. The molecular weight excluding hydrogens is 248 g/mol. The molecule has 2 N–H and O–H groups in total. The number of hydrogen-bond acceptors (Lipinski definition) is 3. The van der Waals surface area contributed by atoms with Crippen LogP contribution in [-0.4, -0.2) is 11.7 Å². The zero-order valence-corrected chi connectivity index (χ0v) is 11.5. The Kier molecular flexibility index (Phi) is 4.89. The van der Waals surface area contributed by atoms with Crippen molar-refractivity contribution < 1.29 is 5.11 Å². The highest BCUT2D eigenvalue weighted by atomic mass is 16.3. The summed E-state index contributed by atoms with van der Waals surface area (Å²) in [6.07, 6.45) is -0.562. The molecule has 0 heterocycles. The van der Waals surface area contributed by atoms with Gasteiger partial charge < -0.3 is 10.4 Å². The third-order valence-electron chi connectivity index (χ3n) is 3.21. The van der Waals surface area contributed by atoms with Gasteiger partial charge in [-0.05, 0) is 30.2 Å². The van der Waals surface area contributed by atoms with E-state index in [-0.39, 0.29) is 0 Å². The van der Waals surface area contributed by atoms with Gasteiger partial charge in [0.25, 0.3) is 0 Å². The number of aliphatic hydroxyl groups is 1.